The number of guanidine groups is 1. The van der Waals surface area contributed by atoms with Crippen LogP contribution in [0.1, 0.15) is 63.9 Å². The zero-order valence-corrected chi connectivity index (χ0v) is 22.7. The van der Waals surface area contributed by atoms with Crippen molar-refractivity contribution in [1.82, 2.24) is 15.5 Å². The van der Waals surface area contributed by atoms with Gasteiger partial charge in [0.1, 0.15) is 5.60 Å². The Kier molecular flexibility index (Phi) is 13.3. The van der Waals surface area contributed by atoms with Crippen LogP contribution in [0.4, 0.5) is 4.79 Å². The Morgan fingerprint density at radius 3 is 2.44 bits per heavy atom. The molecule has 0 aliphatic heterocycles. The van der Waals surface area contributed by atoms with Crippen molar-refractivity contribution in [2.45, 2.75) is 66.2 Å². The van der Waals surface area contributed by atoms with Crippen LogP contribution in [0.5, 0.6) is 0 Å². The highest BCUT2D eigenvalue weighted by molar-refractivity contribution is 14.0. The van der Waals surface area contributed by atoms with E-state index in [1.807, 2.05) is 45.7 Å². The second-order valence-corrected chi connectivity index (χ2v) is 8.94. The van der Waals surface area contributed by atoms with Crippen molar-refractivity contribution >= 4 is 41.9 Å². The van der Waals surface area contributed by atoms with E-state index in [1.165, 1.54) is 0 Å². The van der Waals surface area contributed by atoms with Crippen LogP contribution in [0.25, 0.3) is 0 Å². The molecule has 0 heterocycles. The van der Waals surface area contributed by atoms with Gasteiger partial charge in [0.05, 0.1) is 6.54 Å². The normalized spacial score (nSPS) is 12.6. The topological polar surface area (TPSA) is 109 Å². The van der Waals surface area contributed by atoms with Gasteiger partial charge in [-0.25, -0.2) is 9.79 Å². The fourth-order valence-corrected chi connectivity index (χ4v) is 2.93. The van der Waals surface area contributed by atoms with Gasteiger partial charge in [-0.05, 0) is 57.7 Å². The van der Waals surface area contributed by atoms with Crippen molar-refractivity contribution in [2.24, 2.45) is 16.6 Å². The van der Waals surface area contributed by atoms with Crippen molar-refractivity contribution in [3.63, 3.8) is 0 Å². The second-order valence-electron chi connectivity index (χ2n) is 8.94. The highest BCUT2D eigenvalue weighted by Gasteiger charge is 2.22. The van der Waals surface area contributed by atoms with Crippen molar-refractivity contribution in [3.8, 4) is 0 Å². The number of aliphatic imine (C=N–C) groups is 1. The molecule has 1 aromatic rings. The van der Waals surface area contributed by atoms with Crippen LogP contribution in [0, 0.1) is 5.92 Å². The summed E-state index contributed by atoms with van der Waals surface area (Å²) >= 11 is 0. The van der Waals surface area contributed by atoms with Gasteiger partial charge in [-0.2, -0.15) is 0 Å². The Morgan fingerprint density at radius 1 is 1.25 bits per heavy atom. The highest BCUT2D eigenvalue weighted by atomic mass is 127. The summed E-state index contributed by atoms with van der Waals surface area (Å²) in [6.45, 7) is 13.6. The van der Waals surface area contributed by atoms with E-state index in [1.54, 1.807) is 18.2 Å². The smallest absolute Gasteiger partial charge is 0.407 e. The maximum Gasteiger partial charge on any atom is 0.407 e. The van der Waals surface area contributed by atoms with Crippen LogP contribution in [0.3, 0.4) is 0 Å². The number of amides is 2. The van der Waals surface area contributed by atoms with Gasteiger partial charge in [0, 0.05) is 31.7 Å². The van der Waals surface area contributed by atoms with E-state index in [9.17, 15) is 9.59 Å². The number of hydrogen-bond acceptors (Lipinski definition) is 4. The molecule has 32 heavy (non-hydrogen) atoms. The molecule has 1 rings (SSSR count). The van der Waals surface area contributed by atoms with E-state index < -0.39 is 17.6 Å². The van der Waals surface area contributed by atoms with E-state index in [0.717, 1.165) is 24.5 Å². The third-order valence-electron chi connectivity index (χ3n) is 4.60. The number of nitrogens with zero attached hydrogens (tertiary/aromatic N) is 2. The summed E-state index contributed by atoms with van der Waals surface area (Å²) in [7, 11) is 1.96. The molecule has 0 bridgehead atoms. The van der Waals surface area contributed by atoms with E-state index >= 15 is 0 Å². The molecule has 0 aliphatic rings. The molecule has 1 unspecified atom stereocenters. The van der Waals surface area contributed by atoms with E-state index in [-0.39, 0.29) is 35.9 Å². The van der Waals surface area contributed by atoms with E-state index in [0.29, 0.717) is 18.7 Å². The van der Waals surface area contributed by atoms with Crippen molar-refractivity contribution in [3.05, 3.63) is 35.4 Å². The summed E-state index contributed by atoms with van der Waals surface area (Å²) in [6, 6.07) is 7.15. The molecule has 0 aromatic heterocycles. The quantitative estimate of drug-likeness (QED) is 0.242. The van der Waals surface area contributed by atoms with Gasteiger partial charge in [0.15, 0.2) is 5.96 Å². The molecule has 0 aliphatic carbocycles. The Balaban J connectivity index is 0.00000961. The molecular formula is C23H40IN5O3. The molecule has 182 valence electrons. The largest absolute Gasteiger partial charge is 0.444 e. The molecule has 0 fully saturated rings. The summed E-state index contributed by atoms with van der Waals surface area (Å²) in [4.78, 5) is 30.3. The monoisotopic (exact) mass is 561 g/mol. The first-order valence-electron chi connectivity index (χ1n) is 10.8. The molecule has 4 N–H and O–H groups in total. The average Bonchev–Trinajstić information content (AvgIpc) is 2.66. The van der Waals surface area contributed by atoms with Gasteiger partial charge < -0.3 is 26.0 Å². The maximum atomic E-state index is 12.2. The van der Waals surface area contributed by atoms with Crippen LogP contribution < -0.4 is 16.4 Å². The third-order valence-corrected chi connectivity index (χ3v) is 4.60. The lowest BCUT2D eigenvalue weighted by molar-refractivity contribution is 0.0485. The number of rotatable bonds is 9. The van der Waals surface area contributed by atoms with Crippen molar-refractivity contribution in [1.29, 1.82) is 0 Å². The lowest BCUT2D eigenvalue weighted by atomic mass is 10.0. The maximum absolute atomic E-state index is 12.2. The number of ether oxygens (including phenoxy) is 1. The number of carbonyl (C=O) groups is 2. The fourth-order valence-electron chi connectivity index (χ4n) is 2.93. The Labute approximate surface area is 209 Å². The fraction of sp³-hybridized carbons (Fsp3) is 0.609. The Bertz CT molecular complexity index is 762. The number of halogens is 1. The third kappa shape index (κ3) is 11.5. The lowest BCUT2D eigenvalue weighted by Crippen LogP contribution is -2.45. The van der Waals surface area contributed by atoms with Crippen LogP contribution in [-0.4, -0.2) is 54.6 Å². The molecule has 1 atom stereocenters. The van der Waals surface area contributed by atoms with Gasteiger partial charge in [0.2, 0.25) is 5.91 Å². The first-order valence-corrected chi connectivity index (χ1v) is 10.8. The van der Waals surface area contributed by atoms with Crippen LogP contribution in [0.2, 0.25) is 0 Å². The zero-order chi connectivity index (χ0) is 23.6. The molecule has 0 saturated carbocycles. The molecule has 0 spiro atoms. The van der Waals surface area contributed by atoms with Crippen molar-refractivity contribution in [2.75, 3.05) is 20.1 Å². The predicted octanol–water partition coefficient (Wildman–Crippen LogP) is 3.74. The number of nitrogens with two attached hydrogens (primary N) is 1. The highest BCUT2D eigenvalue weighted by Crippen LogP contribution is 2.11. The second kappa shape index (κ2) is 14.2. The number of benzene rings is 1. The number of carbonyl (C=O) groups excluding carboxylic acids is 2. The summed E-state index contributed by atoms with van der Waals surface area (Å²) in [6.07, 6.45) is 0.346. The summed E-state index contributed by atoms with van der Waals surface area (Å²) in [5.41, 5.74) is 6.21. The van der Waals surface area contributed by atoms with E-state index in [2.05, 4.69) is 29.5 Å². The molecule has 0 radical (unpaired) electrons. The predicted molar refractivity (Wildman–Crippen MR) is 140 cm³/mol. The van der Waals surface area contributed by atoms with Crippen molar-refractivity contribution < 1.29 is 14.3 Å². The molecule has 8 nitrogen and oxygen atoms in total. The number of nitrogens with one attached hydrogen (secondary N) is 2. The summed E-state index contributed by atoms with van der Waals surface area (Å²) in [5, 5.41) is 6.27. The van der Waals surface area contributed by atoms with E-state index in [4.69, 9.17) is 10.5 Å². The zero-order valence-electron chi connectivity index (χ0n) is 20.4. The van der Waals surface area contributed by atoms with Gasteiger partial charge in [-0.1, -0.05) is 26.0 Å². The first-order chi connectivity index (χ1) is 14.4. The van der Waals surface area contributed by atoms with Crippen LogP contribution >= 0.6 is 24.0 Å². The minimum atomic E-state index is -0.529. The van der Waals surface area contributed by atoms with Gasteiger partial charge in [-0.3, -0.25) is 4.79 Å². The molecule has 9 heteroatoms. The molecule has 2 amide bonds. The Morgan fingerprint density at radius 2 is 1.91 bits per heavy atom. The van der Waals surface area contributed by atoms with Gasteiger partial charge in [0.25, 0.3) is 0 Å². The molecule has 0 saturated heterocycles. The number of primary amides is 1. The van der Waals surface area contributed by atoms with Gasteiger partial charge in [-0.15, -0.1) is 24.0 Å². The first kappa shape index (κ1) is 30.0. The average molecular weight is 562 g/mol. The number of alkyl carbamates (subject to hydrolysis) is 1. The van der Waals surface area contributed by atoms with Crippen LogP contribution in [0.15, 0.2) is 29.3 Å². The minimum Gasteiger partial charge on any atom is -0.444 e. The van der Waals surface area contributed by atoms with Gasteiger partial charge >= 0.3 is 6.09 Å². The molecule has 1 aromatic carbocycles. The minimum absolute atomic E-state index is 0. The standard InChI is InChI=1S/C23H39N5O3.HI/c1-8-25-21(26-15-17-10-9-11-18(14-17)20(24)29)28(7)13-12-19(16(2)3)27-22(30)31-23(4,5)6;/h9-11,14,16,19H,8,12-13,15H2,1-7H3,(H2,24,29)(H,25,26)(H,27,30);1H. The SMILES string of the molecule is CCNC(=NCc1cccc(C(N)=O)c1)N(C)CCC(NC(=O)OC(C)(C)C)C(C)C.I. The number of hydrogen-bond donors (Lipinski definition) is 3. The summed E-state index contributed by atoms with van der Waals surface area (Å²) < 4.78 is 5.39. The summed E-state index contributed by atoms with van der Waals surface area (Å²) in [5.74, 6) is 0.566. The molecular weight excluding hydrogens is 521 g/mol. The van der Waals surface area contributed by atoms with Crippen LogP contribution in [-0.2, 0) is 11.3 Å². The lowest BCUT2D eigenvalue weighted by Gasteiger charge is -2.28. The Hall–Kier alpha value is -2.04.